The van der Waals surface area contributed by atoms with E-state index in [4.69, 9.17) is 0 Å². The monoisotopic (exact) mass is 486 g/mol. The Kier molecular flexibility index (Phi) is 7.56. The number of hydrogen-bond acceptors (Lipinski definition) is 5. The van der Waals surface area contributed by atoms with Crippen LogP contribution in [-0.4, -0.2) is 42.8 Å². The number of thioether (sulfide) groups is 1. The molecule has 4 rings (SSSR count). The van der Waals surface area contributed by atoms with Gasteiger partial charge in [-0.25, -0.2) is 8.42 Å². The second-order valence-corrected chi connectivity index (χ2v) is 12.0. The number of amides is 1. The Labute approximate surface area is 200 Å². The molecule has 1 saturated carbocycles. The molecule has 1 heterocycles. The molecule has 2 fully saturated rings. The molecule has 8 heteroatoms. The summed E-state index contributed by atoms with van der Waals surface area (Å²) in [6, 6.07) is 14.0. The number of rotatable bonds is 7. The van der Waals surface area contributed by atoms with Crippen LogP contribution in [0.2, 0.25) is 0 Å². The minimum absolute atomic E-state index is 0.0441. The van der Waals surface area contributed by atoms with Crippen LogP contribution >= 0.6 is 11.8 Å². The number of hydrogen-bond donors (Lipinski definition) is 1. The van der Waals surface area contributed by atoms with Gasteiger partial charge in [-0.2, -0.15) is 4.31 Å². The average Bonchev–Trinajstić information content (AvgIpc) is 3.33. The van der Waals surface area contributed by atoms with E-state index in [0.29, 0.717) is 36.7 Å². The topological polar surface area (TPSA) is 83.6 Å². The van der Waals surface area contributed by atoms with E-state index >= 15 is 0 Å². The highest BCUT2D eigenvalue weighted by atomic mass is 32.2. The van der Waals surface area contributed by atoms with Crippen LogP contribution in [0.4, 0.5) is 5.69 Å². The van der Waals surface area contributed by atoms with E-state index in [9.17, 15) is 18.0 Å². The fraction of sp³-hybridized carbons (Fsp3) is 0.440. The third-order valence-electron chi connectivity index (χ3n) is 6.46. The molecular formula is C25H30N2O4S2. The Morgan fingerprint density at radius 3 is 2.21 bits per heavy atom. The molecule has 2 aromatic rings. The van der Waals surface area contributed by atoms with Crippen molar-refractivity contribution in [2.75, 3.05) is 18.4 Å². The van der Waals surface area contributed by atoms with Gasteiger partial charge in [0.1, 0.15) is 0 Å². The van der Waals surface area contributed by atoms with E-state index < -0.39 is 10.0 Å². The first kappa shape index (κ1) is 24.0. The van der Waals surface area contributed by atoms with E-state index in [1.54, 1.807) is 0 Å². The number of nitrogens with one attached hydrogen (secondary N) is 1. The van der Waals surface area contributed by atoms with Crippen molar-refractivity contribution in [2.45, 2.75) is 60.5 Å². The molecule has 1 N–H and O–H groups in total. The summed E-state index contributed by atoms with van der Waals surface area (Å²) >= 11 is 1.85. The summed E-state index contributed by atoms with van der Waals surface area (Å²) in [7, 11) is -3.65. The Hall–Kier alpha value is -2.16. The SMILES string of the molecule is CC(=O)c1ccc(S(=O)(=O)N2CCC(C(=O)Nc3ccccc3SC3CCCC3)CC2)cc1. The molecule has 1 aliphatic heterocycles. The van der Waals surface area contributed by atoms with E-state index in [0.717, 1.165) is 10.6 Å². The third-order valence-corrected chi connectivity index (χ3v) is 9.79. The van der Waals surface area contributed by atoms with Crippen LogP contribution in [0.3, 0.4) is 0 Å². The number of benzene rings is 2. The second kappa shape index (κ2) is 10.4. The number of ketones is 1. The first-order chi connectivity index (χ1) is 15.8. The lowest BCUT2D eigenvalue weighted by molar-refractivity contribution is -0.120. The van der Waals surface area contributed by atoms with Crippen LogP contribution in [0.5, 0.6) is 0 Å². The molecule has 0 atom stereocenters. The third kappa shape index (κ3) is 5.67. The van der Waals surface area contributed by atoms with Crippen molar-refractivity contribution in [3.8, 4) is 0 Å². The van der Waals surface area contributed by atoms with E-state index in [1.165, 1.54) is 61.2 Å². The Morgan fingerprint density at radius 2 is 1.58 bits per heavy atom. The predicted molar refractivity (Wildman–Crippen MR) is 131 cm³/mol. The normalized spacial score (nSPS) is 18.3. The van der Waals surface area contributed by atoms with Crippen molar-refractivity contribution >= 4 is 39.2 Å². The number of sulfonamides is 1. The van der Waals surface area contributed by atoms with Gasteiger partial charge in [0.05, 0.1) is 10.6 Å². The van der Waals surface area contributed by atoms with Gasteiger partial charge in [-0.05, 0) is 56.9 Å². The van der Waals surface area contributed by atoms with Crippen LogP contribution in [0, 0.1) is 5.92 Å². The molecule has 6 nitrogen and oxygen atoms in total. The molecule has 0 aromatic heterocycles. The maximum absolute atomic E-state index is 13.0. The number of para-hydroxylation sites is 1. The minimum Gasteiger partial charge on any atom is -0.325 e. The summed E-state index contributed by atoms with van der Waals surface area (Å²) in [5, 5.41) is 3.71. The van der Waals surface area contributed by atoms with Crippen LogP contribution in [-0.2, 0) is 14.8 Å². The number of piperidine rings is 1. The molecule has 176 valence electrons. The summed E-state index contributed by atoms with van der Waals surface area (Å²) in [4.78, 5) is 25.7. The van der Waals surface area contributed by atoms with Crippen LogP contribution < -0.4 is 5.32 Å². The number of carbonyl (C=O) groups is 2. The second-order valence-electron chi connectivity index (χ2n) is 8.77. The van der Waals surface area contributed by atoms with Crippen molar-refractivity contribution < 1.29 is 18.0 Å². The number of nitrogens with zero attached hydrogens (tertiary/aromatic N) is 1. The van der Waals surface area contributed by atoms with Crippen molar-refractivity contribution in [1.29, 1.82) is 0 Å². The van der Waals surface area contributed by atoms with Gasteiger partial charge in [0.25, 0.3) is 0 Å². The zero-order valence-electron chi connectivity index (χ0n) is 18.8. The van der Waals surface area contributed by atoms with Gasteiger partial charge in [-0.3, -0.25) is 9.59 Å². The highest BCUT2D eigenvalue weighted by molar-refractivity contribution is 8.00. The summed E-state index contributed by atoms with van der Waals surface area (Å²) in [6.07, 6.45) is 5.95. The summed E-state index contributed by atoms with van der Waals surface area (Å²) in [5.41, 5.74) is 1.33. The quantitative estimate of drug-likeness (QED) is 0.559. The summed E-state index contributed by atoms with van der Waals surface area (Å²) < 4.78 is 27.4. The Balaban J connectivity index is 1.36. The molecule has 1 saturated heterocycles. The molecular weight excluding hydrogens is 456 g/mol. The molecule has 2 aromatic carbocycles. The Morgan fingerprint density at radius 1 is 0.939 bits per heavy atom. The van der Waals surface area contributed by atoms with Gasteiger partial charge >= 0.3 is 0 Å². The largest absolute Gasteiger partial charge is 0.325 e. The minimum atomic E-state index is -3.65. The van der Waals surface area contributed by atoms with Gasteiger partial charge in [0, 0.05) is 34.7 Å². The molecule has 0 spiro atoms. The van der Waals surface area contributed by atoms with Crippen molar-refractivity contribution in [3.63, 3.8) is 0 Å². The lowest BCUT2D eigenvalue weighted by atomic mass is 9.97. The number of anilines is 1. The molecule has 0 unspecified atom stereocenters. The summed E-state index contributed by atoms with van der Waals surface area (Å²) in [5.74, 6) is -0.368. The highest BCUT2D eigenvalue weighted by Crippen LogP contribution is 2.38. The average molecular weight is 487 g/mol. The molecule has 0 radical (unpaired) electrons. The first-order valence-corrected chi connectivity index (χ1v) is 13.8. The number of Topliss-reactive ketones (excluding diaryl/α,β-unsaturated/α-hetero) is 1. The molecule has 1 amide bonds. The van der Waals surface area contributed by atoms with Gasteiger partial charge in [-0.15, -0.1) is 11.8 Å². The molecule has 33 heavy (non-hydrogen) atoms. The zero-order valence-corrected chi connectivity index (χ0v) is 20.5. The van der Waals surface area contributed by atoms with Crippen molar-refractivity contribution in [3.05, 3.63) is 54.1 Å². The summed E-state index contributed by atoms with van der Waals surface area (Å²) in [6.45, 7) is 2.05. The smallest absolute Gasteiger partial charge is 0.243 e. The maximum Gasteiger partial charge on any atom is 0.243 e. The van der Waals surface area contributed by atoms with Crippen LogP contribution in [0.15, 0.2) is 58.3 Å². The maximum atomic E-state index is 13.0. The molecule has 2 aliphatic rings. The standard InChI is InChI=1S/C25H30N2O4S2/c1-18(28)19-10-12-22(13-11-19)33(30,31)27-16-14-20(15-17-27)25(29)26-23-8-4-5-9-24(23)32-21-6-2-3-7-21/h4-5,8-13,20-21H,2-3,6-7,14-17H2,1H3,(H,26,29). The van der Waals surface area contributed by atoms with Gasteiger partial charge in [0.15, 0.2) is 5.78 Å². The van der Waals surface area contributed by atoms with Crippen LogP contribution in [0.25, 0.3) is 0 Å². The zero-order chi connectivity index (χ0) is 23.4. The van der Waals surface area contributed by atoms with E-state index in [-0.39, 0.29) is 22.5 Å². The first-order valence-electron chi connectivity index (χ1n) is 11.5. The Bertz CT molecular complexity index is 1100. The predicted octanol–water partition coefficient (Wildman–Crippen LogP) is 4.96. The van der Waals surface area contributed by atoms with E-state index in [1.807, 2.05) is 30.0 Å². The highest BCUT2D eigenvalue weighted by Gasteiger charge is 2.32. The lowest BCUT2D eigenvalue weighted by Gasteiger charge is -2.30. The molecule has 1 aliphatic carbocycles. The fourth-order valence-corrected chi connectivity index (χ4v) is 7.26. The molecule has 0 bridgehead atoms. The van der Waals surface area contributed by atoms with E-state index in [2.05, 4.69) is 11.4 Å². The van der Waals surface area contributed by atoms with Crippen molar-refractivity contribution in [1.82, 2.24) is 4.31 Å². The number of carbonyl (C=O) groups excluding carboxylic acids is 2. The lowest BCUT2D eigenvalue weighted by Crippen LogP contribution is -2.41. The fourth-order valence-electron chi connectivity index (χ4n) is 4.46. The van der Waals surface area contributed by atoms with Crippen molar-refractivity contribution in [2.24, 2.45) is 5.92 Å². The van der Waals surface area contributed by atoms with Gasteiger partial charge < -0.3 is 5.32 Å². The van der Waals surface area contributed by atoms with Gasteiger partial charge in [0.2, 0.25) is 15.9 Å². The van der Waals surface area contributed by atoms with Gasteiger partial charge in [-0.1, -0.05) is 37.1 Å². The van der Waals surface area contributed by atoms with Crippen LogP contribution in [0.1, 0.15) is 55.8 Å².